The average Bonchev–Trinajstić information content (AvgIpc) is 2.49. The highest BCUT2D eigenvalue weighted by atomic mass is 32.2. The van der Waals surface area contributed by atoms with Gasteiger partial charge in [0.25, 0.3) is 0 Å². The van der Waals surface area contributed by atoms with Gasteiger partial charge >= 0.3 is 0 Å². The Morgan fingerprint density at radius 1 is 1.38 bits per heavy atom. The Balaban J connectivity index is 2.11. The van der Waals surface area contributed by atoms with Gasteiger partial charge in [-0.15, -0.1) is 11.8 Å². The fourth-order valence-corrected chi connectivity index (χ4v) is 2.60. The van der Waals surface area contributed by atoms with Crippen molar-refractivity contribution >= 4 is 17.7 Å². The monoisotopic (exact) mass is 311 g/mol. The summed E-state index contributed by atoms with van der Waals surface area (Å²) in [6.45, 7) is 2.45. The van der Waals surface area contributed by atoms with E-state index in [2.05, 4.69) is 17.4 Å². The van der Waals surface area contributed by atoms with Crippen LogP contribution in [0.4, 0.5) is 0 Å². The molecule has 0 saturated heterocycles. The maximum absolute atomic E-state index is 11.7. The van der Waals surface area contributed by atoms with Crippen molar-refractivity contribution in [1.82, 2.24) is 5.32 Å². The van der Waals surface area contributed by atoms with Crippen LogP contribution in [0.15, 0.2) is 35.2 Å². The lowest BCUT2D eigenvalue weighted by molar-refractivity contribution is -0.122. The van der Waals surface area contributed by atoms with E-state index >= 15 is 0 Å². The van der Waals surface area contributed by atoms with Crippen LogP contribution in [-0.4, -0.2) is 42.6 Å². The van der Waals surface area contributed by atoms with E-state index in [-0.39, 0.29) is 12.5 Å². The number of methoxy groups -OCH3 is 1. The Kier molecular flexibility index (Phi) is 8.42. The first-order valence-electron chi connectivity index (χ1n) is 7.19. The molecule has 0 saturated carbocycles. The molecule has 0 aromatic heterocycles. The van der Waals surface area contributed by atoms with E-state index in [4.69, 9.17) is 4.74 Å². The van der Waals surface area contributed by atoms with Gasteiger partial charge in [0.05, 0.1) is 5.60 Å². The molecule has 0 bridgehead atoms. The number of rotatable bonds is 10. The number of aliphatic hydroxyl groups is 1. The Morgan fingerprint density at radius 2 is 2.10 bits per heavy atom. The molecule has 1 aromatic carbocycles. The van der Waals surface area contributed by atoms with Crippen LogP contribution in [0.25, 0.3) is 0 Å². The molecule has 0 fully saturated rings. The Morgan fingerprint density at radius 3 is 2.76 bits per heavy atom. The highest BCUT2D eigenvalue weighted by Crippen LogP contribution is 2.18. The zero-order valence-electron chi connectivity index (χ0n) is 12.8. The molecule has 2 N–H and O–H groups in total. The molecule has 4 nitrogen and oxygen atoms in total. The Hall–Kier alpha value is -1.04. The van der Waals surface area contributed by atoms with Crippen molar-refractivity contribution < 1.29 is 14.6 Å². The van der Waals surface area contributed by atoms with Gasteiger partial charge in [-0.3, -0.25) is 4.79 Å². The first-order chi connectivity index (χ1) is 10.0. The molecule has 118 valence electrons. The van der Waals surface area contributed by atoms with Crippen molar-refractivity contribution in [2.75, 3.05) is 26.0 Å². The third kappa shape index (κ3) is 8.75. The molecule has 21 heavy (non-hydrogen) atoms. The van der Waals surface area contributed by atoms with Crippen molar-refractivity contribution in [3.63, 3.8) is 0 Å². The fourth-order valence-electron chi connectivity index (χ4n) is 1.73. The summed E-state index contributed by atoms with van der Waals surface area (Å²) >= 11 is 1.75. The second-order valence-electron chi connectivity index (χ2n) is 5.28. The summed E-state index contributed by atoms with van der Waals surface area (Å²) in [6.07, 6.45) is 1.82. The molecule has 0 radical (unpaired) electrons. The summed E-state index contributed by atoms with van der Waals surface area (Å²) in [5.74, 6) is 0.902. The SMILES string of the molecule is COCCC(C)(O)CNC(=O)CCCSc1ccccc1. The lowest BCUT2D eigenvalue weighted by atomic mass is 10.0. The zero-order chi connectivity index (χ0) is 15.6. The summed E-state index contributed by atoms with van der Waals surface area (Å²) in [4.78, 5) is 12.9. The van der Waals surface area contributed by atoms with Crippen molar-refractivity contribution in [2.45, 2.75) is 36.7 Å². The molecule has 1 atom stereocenters. The van der Waals surface area contributed by atoms with Gasteiger partial charge in [0, 0.05) is 38.0 Å². The molecule has 1 unspecified atom stereocenters. The Labute approximate surface area is 131 Å². The van der Waals surface area contributed by atoms with E-state index < -0.39 is 5.60 Å². The van der Waals surface area contributed by atoms with Crippen LogP contribution in [-0.2, 0) is 9.53 Å². The molecule has 0 heterocycles. The maximum atomic E-state index is 11.7. The Bertz CT molecular complexity index is 409. The molecule has 0 aliphatic rings. The fraction of sp³-hybridized carbons (Fsp3) is 0.562. The summed E-state index contributed by atoms with van der Waals surface area (Å²) in [7, 11) is 1.60. The quantitative estimate of drug-likeness (QED) is 0.515. The molecule has 0 aliphatic carbocycles. The number of amides is 1. The normalized spacial score (nSPS) is 13.7. The summed E-state index contributed by atoms with van der Waals surface area (Å²) in [6, 6.07) is 10.1. The van der Waals surface area contributed by atoms with Crippen molar-refractivity contribution in [3.8, 4) is 0 Å². The predicted octanol–water partition coefficient (Wildman–Crippen LogP) is 2.46. The first-order valence-corrected chi connectivity index (χ1v) is 8.18. The van der Waals surface area contributed by atoms with E-state index in [0.717, 1.165) is 12.2 Å². The summed E-state index contributed by atoms with van der Waals surface area (Å²) in [5.41, 5.74) is -0.912. The van der Waals surface area contributed by atoms with Gasteiger partial charge in [0.1, 0.15) is 0 Å². The number of hydrogen-bond acceptors (Lipinski definition) is 4. The van der Waals surface area contributed by atoms with Gasteiger partial charge in [-0.1, -0.05) is 18.2 Å². The van der Waals surface area contributed by atoms with E-state index in [1.807, 2.05) is 18.2 Å². The molecule has 1 aromatic rings. The number of nitrogens with one attached hydrogen (secondary N) is 1. The smallest absolute Gasteiger partial charge is 0.220 e. The van der Waals surface area contributed by atoms with Gasteiger partial charge in [0.15, 0.2) is 0 Å². The number of hydrogen-bond donors (Lipinski definition) is 2. The molecule has 5 heteroatoms. The molecular weight excluding hydrogens is 286 g/mol. The minimum absolute atomic E-state index is 0.0126. The van der Waals surface area contributed by atoms with Crippen LogP contribution >= 0.6 is 11.8 Å². The van der Waals surface area contributed by atoms with Gasteiger partial charge in [-0.25, -0.2) is 0 Å². The lowest BCUT2D eigenvalue weighted by Gasteiger charge is -2.23. The number of thioether (sulfide) groups is 1. The van der Waals surface area contributed by atoms with Crippen molar-refractivity contribution in [3.05, 3.63) is 30.3 Å². The summed E-state index contributed by atoms with van der Waals surface area (Å²) < 4.78 is 4.93. The molecular formula is C16H25NO3S. The maximum Gasteiger partial charge on any atom is 0.220 e. The third-order valence-electron chi connectivity index (χ3n) is 3.07. The van der Waals surface area contributed by atoms with Crippen LogP contribution in [0.1, 0.15) is 26.2 Å². The van der Waals surface area contributed by atoms with Crippen LogP contribution < -0.4 is 5.32 Å². The first kappa shape index (κ1) is 18.0. The topological polar surface area (TPSA) is 58.6 Å². The van der Waals surface area contributed by atoms with Crippen LogP contribution in [0.2, 0.25) is 0 Å². The zero-order valence-corrected chi connectivity index (χ0v) is 13.6. The highest BCUT2D eigenvalue weighted by Gasteiger charge is 2.20. The largest absolute Gasteiger partial charge is 0.388 e. The standard InChI is InChI=1S/C16H25NO3S/c1-16(19,10-11-20-2)13-17-15(18)9-6-12-21-14-7-4-3-5-8-14/h3-5,7-8,19H,6,9-13H2,1-2H3,(H,17,18). The van der Waals surface area contributed by atoms with Crippen LogP contribution in [0, 0.1) is 0 Å². The second-order valence-corrected chi connectivity index (χ2v) is 6.45. The number of benzene rings is 1. The minimum Gasteiger partial charge on any atom is -0.388 e. The summed E-state index contributed by atoms with van der Waals surface area (Å²) in [5, 5.41) is 12.8. The average molecular weight is 311 g/mol. The van der Waals surface area contributed by atoms with Gasteiger partial charge in [-0.05, 0) is 31.2 Å². The highest BCUT2D eigenvalue weighted by molar-refractivity contribution is 7.99. The number of ether oxygens (including phenoxy) is 1. The number of carbonyl (C=O) groups excluding carboxylic acids is 1. The van der Waals surface area contributed by atoms with Gasteiger partial charge < -0.3 is 15.2 Å². The lowest BCUT2D eigenvalue weighted by Crippen LogP contribution is -2.41. The van der Waals surface area contributed by atoms with Crippen LogP contribution in [0.3, 0.4) is 0 Å². The predicted molar refractivity (Wildman–Crippen MR) is 86.5 cm³/mol. The third-order valence-corrected chi connectivity index (χ3v) is 4.17. The van der Waals surface area contributed by atoms with Crippen molar-refractivity contribution in [1.29, 1.82) is 0 Å². The van der Waals surface area contributed by atoms with E-state index in [1.54, 1.807) is 25.8 Å². The van der Waals surface area contributed by atoms with E-state index in [9.17, 15) is 9.90 Å². The number of carbonyl (C=O) groups is 1. The van der Waals surface area contributed by atoms with E-state index in [1.165, 1.54) is 4.90 Å². The molecule has 1 rings (SSSR count). The van der Waals surface area contributed by atoms with Crippen LogP contribution in [0.5, 0.6) is 0 Å². The second kappa shape index (κ2) is 9.82. The van der Waals surface area contributed by atoms with Gasteiger partial charge in [-0.2, -0.15) is 0 Å². The molecule has 0 spiro atoms. The van der Waals surface area contributed by atoms with Crippen molar-refractivity contribution in [2.24, 2.45) is 0 Å². The van der Waals surface area contributed by atoms with E-state index in [0.29, 0.717) is 19.4 Å². The van der Waals surface area contributed by atoms with Gasteiger partial charge in [0.2, 0.25) is 5.91 Å². The minimum atomic E-state index is -0.912. The molecule has 0 aliphatic heterocycles. The molecule has 1 amide bonds.